The topological polar surface area (TPSA) is 118 Å². The summed E-state index contributed by atoms with van der Waals surface area (Å²) in [6.45, 7) is 0.860. The molecule has 0 atom stereocenters. The molecule has 0 spiro atoms. The molecule has 0 bridgehead atoms. The average molecular weight is 460 g/mol. The van der Waals surface area contributed by atoms with Gasteiger partial charge in [-0.15, -0.1) is 0 Å². The second kappa shape index (κ2) is 12.6. The number of rotatable bonds is 11. The summed E-state index contributed by atoms with van der Waals surface area (Å²) < 4.78 is 16.3. The van der Waals surface area contributed by atoms with E-state index in [0.29, 0.717) is 31.0 Å². The number of aromatic nitrogens is 2. The standard InChI is InChI=1S/C26H29N5O3/c1-32-23-8-3-6-19(16-23)10-12-21-18-22(13-11-20-7-4-9-24(17-20)33-2)31-26(30-21)34-15-5-14-29-25(27)28/h3-4,6-13,16-18H,5,14-15H2,1-2H3,(H4,27,28,29). The molecule has 3 aromatic rings. The van der Waals surface area contributed by atoms with Gasteiger partial charge in [0, 0.05) is 13.0 Å². The lowest BCUT2D eigenvalue weighted by Crippen LogP contribution is -2.23. The Bertz CT molecular complexity index is 1090. The molecular weight excluding hydrogens is 430 g/mol. The van der Waals surface area contributed by atoms with Gasteiger partial charge < -0.3 is 25.7 Å². The van der Waals surface area contributed by atoms with Crippen LogP contribution >= 0.6 is 0 Å². The van der Waals surface area contributed by atoms with Crippen LogP contribution in [0.1, 0.15) is 28.9 Å². The van der Waals surface area contributed by atoms with E-state index >= 15 is 0 Å². The van der Waals surface area contributed by atoms with Crippen LogP contribution in [-0.4, -0.2) is 43.3 Å². The third kappa shape index (κ3) is 7.98. The first-order valence-corrected chi connectivity index (χ1v) is 10.8. The highest BCUT2D eigenvalue weighted by Gasteiger charge is 2.04. The molecular formula is C26H29N5O3. The fraction of sp³-hybridized carbons (Fsp3) is 0.192. The van der Waals surface area contributed by atoms with E-state index in [4.69, 9.17) is 25.7 Å². The van der Waals surface area contributed by atoms with Crippen molar-refractivity contribution in [2.45, 2.75) is 6.42 Å². The minimum atomic E-state index is 0.0610. The Hall–Kier alpha value is -4.33. The maximum atomic E-state index is 5.77. The van der Waals surface area contributed by atoms with Gasteiger partial charge in [-0.25, -0.2) is 0 Å². The summed E-state index contributed by atoms with van der Waals surface area (Å²) in [7, 11) is 3.29. The molecule has 0 aliphatic rings. The van der Waals surface area contributed by atoms with Gasteiger partial charge in [-0.3, -0.25) is 4.99 Å². The predicted molar refractivity (Wildman–Crippen MR) is 137 cm³/mol. The Morgan fingerprint density at radius 1 is 0.824 bits per heavy atom. The summed E-state index contributed by atoms with van der Waals surface area (Å²) >= 11 is 0. The summed E-state index contributed by atoms with van der Waals surface area (Å²) in [5, 5.41) is 0. The van der Waals surface area contributed by atoms with Crippen molar-refractivity contribution < 1.29 is 14.2 Å². The van der Waals surface area contributed by atoms with E-state index in [1.807, 2.05) is 78.9 Å². The molecule has 0 fully saturated rings. The Balaban J connectivity index is 1.82. The molecule has 8 heteroatoms. The number of benzene rings is 2. The van der Waals surface area contributed by atoms with E-state index in [9.17, 15) is 0 Å². The Kier molecular flexibility index (Phi) is 9.04. The Morgan fingerprint density at radius 3 is 1.88 bits per heavy atom. The summed E-state index contributed by atoms with van der Waals surface area (Å²) in [5.41, 5.74) is 14.1. The molecule has 3 rings (SSSR count). The second-order valence-electron chi connectivity index (χ2n) is 7.23. The van der Waals surface area contributed by atoms with Crippen LogP contribution in [0.25, 0.3) is 24.3 Å². The molecule has 0 aliphatic heterocycles. The van der Waals surface area contributed by atoms with Crippen molar-refractivity contribution in [3.63, 3.8) is 0 Å². The molecule has 0 radical (unpaired) electrons. The van der Waals surface area contributed by atoms with Gasteiger partial charge in [0.15, 0.2) is 5.96 Å². The molecule has 8 nitrogen and oxygen atoms in total. The second-order valence-corrected chi connectivity index (χ2v) is 7.23. The molecule has 0 saturated heterocycles. The van der Waals surface area contributed by atoms with Crippen LogP contribution in [0.3, 0.4) is 0 Å². The zero-order valence-corrected chi connectivity index (χ0v) is 19.3. The van der Waals surface area contributed by atoms with Crippen molar-refractivity contribution in [1.29, 1.82) is 0 Å². The fourth-order valence-electron chi connectivity index (χ4n) is 2.99. The summed E-state index contributed by atoms with van der Waals surface area (Å²) in [5.74, 6) is 1.64. The number of aliphatic imine (C=N–C) groups is 1. The van der Waals surface area contributed by atoms with E-state index in [1.165, 1.54) is 0 Å². The number of ether oxygens (including phenoxy) is 3. The van der Waals surface area contributed by atoms with Gasteiger partial charge >= 0.3 is 6.01 Å². The molecule has 1 aromatic heterocycles. The van der Waals surface area contributed by atoms with Gasteiger partial charge in [-0.2, -0.15) is 9.97 Å². The van der Waals surface area contributed by atoms with Crippen molar-refractivity contribution in [3.05, 3.63) is 77.1 Å². The van der Waals surface area contributed by atoms with Gasteiger partial charge in [-0.1, -0.05) is 36.4 Å². The van der Waals surface area contributed by atoms with Crippen LogP contribution in [-0.2, 0) is 0 Å². The van der Waals surface area contributed by atoms with Gasteiger partial charge in [0.2, 0.25) is 0 Å². The lowest BCUT2D eigenvalue weighted by molar-refractivity contribution is 0.288. The first kappa shape index (κ1) is 24.3. The fourth-order valence-corrected chi connectivity index (χ4v) is 2.99. The van der Waals surface area contributed by atoms with Crippen LogP contribution < -0.4 is 25.7 Å². The van der Waals surface area contributed by atoms with Crippen molar-refractivity contribution in [3.8, 4) is 17.5 Å². The van der Waals surface area contributed by atoms with E-state index in [2.05, 4.69) is 15.0 Å². The van der Waals surface area contributed by atoms with Gasteiger partial charge in [0.05, 0.1) is 32.2 Å². The number of methoxy groups -OCH3 is 2. The maximum Gasteiger partial charge on any atom is 0.317 e. The highest BCUT2D eigenvalue weighted by Crippen LogP contribution is 2.18. The molecule has 0 unspecified atom stereocenters. The number of hydrogen-bond acceptors (Lipinski definition) is 6. The van der Waals surface area contributed by atoms with Crippen molar-refractivity contribution >= 4 is 30.3 Å². The third-order valence-electron chi connectivity index (χ3n) is 4.65. The van der Waals surface area contributed by atoms with Crippen molar-refractivity contribution in [2.75, 3.05) is 27.4 Å². The number of nitrogens with two attached hydrogens (primary N) is 2. The van der Waals surface area contributed by atoms with Gasteiger partial charge in [0.1, 0.15) is 11.5 Å². The minimum Gasteiger partial charge on any atom is -0.497 e. The number of guanidine groups is 1. The van der Waals surface area contributed by atoms with Crippen LogP contribution in [0.5, 0.6) is 17.5 Å². The summed E-state index contributed by atoms with van der Waals surface area (Å²) in [6.07, 6.45) is 8.38. The highest BCUT2D eigenvalue weighted by molar-refractivity contribution is 5.75. The largest absolute Gasteiger partial charge is 0.497 e. The normalized spacial score (nSPS) is 11.0. The van der Waals surface area contributed by atoms with Crippen molar-refractivity contribution in [2.24, 2.45) is 16.5 Å². The van der Waals surface area contributed by atoms with E-state index < -0.39 is 0 Å². The highest BCUT2D eigenvalue weighted by atomic mass is 16.5. The molecule has 0 amide bonds. The number of nitrogens with zero attached hydrogens (tertiary/aromatic N) is 3. The molecule has 176 valence electrons. The van der Waals surface area contributed by atoms with Crippen LogP contribution in [0.4, 0.5) is 0 Å². The summed E-state index contributed by atoms with van der Waals surface area (Å²) in [6, 6.07) is 17.7. The third-order valence-corrected chi connectivity index (χ3v) is 4.65. The van der Waals surface area contributed by atoms with Crippen LogP contribution in [0.2, 0.25) is 0 Å². The van der Waals surface area contributed by atoms with E-state index in [0.717, 1.165) is 22.6 Å². The maximum absolute atomic E-state index is 5.77. The first-order valence-electron chi connectivity index (χ1n) is 10.8. The zero-order chi connectivity index (χ0) is 24.2. The quantitative estimate of drug-likeness (QED) is 0.254. The zero-order valence-electron chi connectivity index (χ0n) is 19.3. The van der Waals surface area contributed by atoms with Gasteiger partial charge in [-0.05, 0) is 53.6 Å². The Labute approximate surface area is 199 Å². The molecule has 2 aromatic carbocycles. The minimum absolute atomic E-state index is 0.0610. The number of hydrogen-bond donors (Lipinski definition) is 2. The average Bonchev–Trinajstić information content (AvgIpc) is 2.86. The molecule has 0 aliphatic carbocycles. The van der Waals surface area contributed by atoms with E-state index in [1.54, 1.807) is 14.2 Å². The lowest BCUT2D eigenvalue weighted by Gasteiger charge is -2.06. The van der Waals surface area contributed by atoms with Crippen LogP contribution in [0.15, 0.2) is 59.6 Å². The van der Waals surface area contributed by atoms with Crippen molar-refractivity contribution in [1.82, 2.24) is 9.97 Å². The molecule has 4 N–H and O–H groups in total. The predicted octanol–water partition coefficient (Wildman–Crippen LogP) is 3.88. The molecule has 1 heterocycles. The SMILES string of the molecule is COc1cccc(C=Cc2cc(C=Cc3cccc(OC)c3)nc(OCCCN=C(N)N)n2)c1. The molecule has 0 saturated carbocycles. The van der Waals surface area contributed by atoms with E-state index in [-0.39, 0.29) is 12.0 Å². The lowest BCUT2D eigenvalue weighted by atomic mass is 10.1. The first-order chi connectivity index (χ1) is 16.6. The smallest absolute Gasteiger partial charge is 0.317 e. The van der Waals surface area contributed by atoms with Crippen LogP contribution in [0, 0.1) is 0 Å². The monoisotopic (exact) mass is 459 g/mol. The van der Waals surface area contributed by atoms with Gasteiger partial charge in [0.25, 0.3) is 0 Å². The molecule has 34 heavy (non-hydrogen) atoms. The Morgan fingerprint density at radius 2 is 1.38 bits per heavy atom. The summed E-state index contributed by atoms with van der Waals surface area (Å²) in [4.78, 5) is 13.0.